The van der Waals surface area contributed by atoms with Gasteiger partial charge in [0.2, 0.25) is 10.0 Å². The number of rotatable bonds is 4. The molecule has 0 atom stereocenters. The number of hydrogen-bond acceptors (Lipinski definition) is 4. The Balaban J connectivity index is 2.11. The largest absolute Gasteiger partial charge is 0.326 e. The van der Waals surface area contributed by atoms with E-state index in [9.17, 15) is 8.42 Å². The van der Waals surface area contributed by atoms with Crippen LogP contribution in [0.15, 0.2) is 24.3 Å². The van der Waals surface area contributed by atoms with Gasteiger partial charge in [0.05, 0.1) is 5.75 Å². The van der Waals surface area contributed by atoms with E-state index >= 15 is 0 Å². The molecular formula is C15H25N3O2S. The number of nitrogens with zero attached hydrogens (tertiary/aromatic N) is 2. The molecule has 0 aromatic heterocycles. The van der Waals surface area contributed by atoms with Crippen molar-refractivity contribution in [1.82, 2.24) is 9.21 Å². The fraction of sp³-hybridized carbons (Fsp3) is 0.600. The molecule has 0 bridgehead atoms. The molecule has 1 aliphatic heterocycles. The third-order valence-electron chi connectivity index (χ3n) is 4.28. The van der Waals surface area contributed by atoms with Crippen molar-refractivity contribution in [1.29, 1.82) is 0 Å². The highest BCUT2D eigenvalue weighted by molar-refractivity contribution is 7.88. The minimum atomic E-state index is -3.28. The van der Waals surface area contributed by atoms with Crippen LogP contribution >= 0.6 is 0 Å². The molecule has 5 nitrogen and oxygen atoms in total. The van der Waals surface area contributed by atoms with Crippen molar-refractivity contribution in [2.24, 2.45) is 5.73 Å². The van der Waals surface area contributed by atoms with E-state index in [1.54, 1.807) is 4.31 Å². The zero-order valence-corrected chi connectivity index (χ0v) is 13.9. The Hall–Kier alpha value is -0.950. The van der Waals surface area contributed by atoms with Crippen molar-refractivity contribution in [3.63, 3.8) is 0 Å². The summed E-state index contributed by atoms with van der Waals surface area (Å²) in [6.45, 7) is 6.48. The molecule has 21 heavy (non-hydrogen) atoms. The number of piperazine rings is 1. The molecule has 0 aliphatic carbocycles. The fourth-order valence-corrected chi connectivity index (χ4v) is 4.18. The Morgan fingerprint density at radius 3 is 2.24 bits per heavy atom. The molecule has 0 saturated carbocycles. The van der Waals surface area contributed by atoms with Crippen LogP contribution in [0.1, 0.15) is 25.0 Å². The van der Waals surface area contributed by atoms with Crippen LogP contribution in [0.5, 0.6) is 0 Å². The van der Waals surface area contributed by atoms with Crippen LogP contribution in [-0.4, -0.2) is 49.8 Å². The van der Waals surface area contributed by atoms with E-state index in [4.69, 9.17) is 5.73 Å². The average molecular weight is 311 g/mol. The second kappa shape index (κ2) is 6.04. The summed E-state index contributed by atoms with van der Waals surface area (Å²) >= 11 is 0. The van der Waals surface area contributed by atoms with Crippen molar-refractivity contribution in [3.05, 3.63) is 35.4 Å². The number of likely N-dealkylation sites (N-methyl/N-ethyl adjacent to an activating group) is 1. The summed E-state index contributed by atoms with van der Waals surface area (Å²) < 4.78 is 26.8. The third-order valence-corrected chi connectivity index (χ3v) is 6.08. The monoisotopic (exact) mass is 311 g/mol. The summed E-state index contributed by atoms with van der Waals surface area (Å²) in [6.07, 6.45) is 0. The third kappa shape index (κ3) is 3.83. The molecule has 0 radical (unpaired) electrons. The second-order valence-electron chi connectivity index (χ2n) is 6.34. The summed E-state index contributed by atoms with van der Waals surface area (Å²) in [5, 5.41) is 0. The molecule has 6 heteroatoms. The molecule has 1 fully saturated rings. The lowest BCUT2D eigenvalue weighted by Gasteiger charge is -2.44. The first-order valence-corrected chi connectivity index (χ1v) is 8.82. The first-order chi connectivity index (χ1) is 9.74. The molecule has 1 aliphatic rings. The zero-order chi connectivity index (χ0) is 15.7. The minimum Gasteiger partial charge on any atom is -0.326 e. The van der Waals surface area contributed by atoms with Gasteiger partial charge in [-0.1, -0.05) is 24.3 Å². The highest BCUT2D eigenvalue weighted by Gasteiger charge is 2.36. The first-order valence-electron chi connectivity index (χ1n) is 7.21. The van der Waals surface area contributed by atoms with E-state index in [-0.39, 0.29) is 11.3 Å². The molecule has 118 valence electrons. The maximum absolute atomic E-state index is 12.6. The molecule has 1 saturated heterocycles. The van der Waals surface area contributed by atoms with Gasteiger partial charge in [-0.3, -0.25) is 4.90 Å². The number of hydrogen-bond donors (Lipinski definition) is 1. The molecule has 0 unspecified atom stereocenters. The normalized spacial score (nSPS) is 20.6. The van der Waals surface area contributed by atoms with E-state index in [2.05, 4.69) is 18.7 Å². The van der Waals surface area contributed by atoms with Crippen LogP contribution in [0, 0.1) is 0 Å². The highest BCUT2D eigenvalue weighted by atomic mass is 32.2. The summed E-state index contributed by atoms with van der Waals surface area (Å²) in [5.41, 5.74) is 7.25. The quantitative estimate of drug-likeness (QED) is 0.901. The number of benzene rings is 1. The summed E-state index contributed by atoms with van der Waals surface area (Å²) in [4.78, 5) is 2.20. The van der Waals surface area contributed by atoms with Crippen molar-refractivity contribution in [3.8, 4) is 0 Å². The van der Waals surface area contributed by atoms with Gasteiger partial charge in [-0.05, 0) is 32.0 Å². The molecule has 2 rings (SSSR count). The van der Waals surface area contributed by atoms with Crippen LogP contribution in [0.4, 0.5) is 0 Å². The molecule has 1 aromatic rings. The van der Waals surface area contributed by atoms with Gasteiger partial charge >= 0.3 is 0 Å². The maximum atomic E-state index is 12.6. The van der Waals surface area contributed by atoms with E-state index < -0.39 is 10.0 Å². The predicted octanol–water partition coefficient (Wildman–Crippen LogP) is 1.00. The molecule has 1 heterocycles. The smallest absolute Gasteiger partial charge is 0.218 e. The lowest BCUT2D eigenvalue weighted by atomic mass is 10.0. The van der Waals surface area contributed by atoms with Gasteiger partial charge in [0.25, 0.3) is 0 Å². The van der Waals surface area contributed by atoms with Crippen LogP contribution in [-0.2, 0) is 22.3 Å². The van der Waals surface area contributed by atoms with Crippen LogP contribution in [0.3, 0.4) is 0 Å². The topological polar surface area (TPSA) is 66.6 Å². The van der Waals surface area contributed by atoms with Gasteiger partial charge in [-0.2, -0.15) is 4.31 Å². The lowest BCUT2D eigenvalue weighted by molar-refractivity contribution is 0.0801. The minimum absolute atomic E-state index is 0.0532. The van der Waals surface area contributed by atoms with Gasteiger partial charge in [0.15, 0.2) is 0 Å². The van der Waals surface area contributed by atoms with E-state index in [0.29, 0.717) is 19.6 Å². The zero-order valence-electron chi connectivity index (χ0n) is 13.0. The fourth-order valence-electron chi connectivity index (χ4n) is 2.51. The lowest BCUT2D eigenvalue weighted by Crippen LogP contribution is -2.58. The Morgan fingerprint density at radius 1 is 1.14 bits per heavy atom. The Morgan fingerprint density at radius 2 is 1.71 bits per heavy atom. The van der Waals surface area contributed by atoms with Crippen molar-refractivity contribution >= 4 is 10.0 Å². The van der Waals surface area contributed by atoms with Gasteiger partial charge in [-0.15, -0.1) is 0 Å². The Kier molecular flexibility index (Phi) is 4.72. The Labute approximate surface area is 127 Å². The van der Waals surface area contributed by atoms with Gasteiger partial charge in [0.1, 0.15) is 0 Å². The summed E-state index contributed by atoms with van der Waals surface area (Å²) in [5.74, 6) is 0.0532. The SMILES string of the molecule is CN1CCN(S(=O)(=O)Cc2ccc(CN)cc2)CC1(C)C. The van der Waals surface area contributed by atoms with Crippen LogP contribution < -0.4 is 5.73 Å². The first kappa shape index (κ1) is 16.4. The van der Waals surface area contributed by atoms with Crippen molar-refractivity contribution in [2.45, 2.75) is 31.7 Å². The highest BCUT2D eigenvalue weighted by Crippen LogP contribution is 2.22. The standard InChI is InChI=1S/C15H25N3O2S/c1-15(2)12-18(9-8-17(15)3)21(19,20)11-14-6-4-13(10-16)5-7-14/h4-7H,8-12,16H2,1-3H3. The summed E-state index contributed by atoms with van der Waals surface area (Å²) in [6, 6.07) is 7.47. The van der Waals surface area contributed by atoms with Gasteiger partial charge < -0.3 is 5.73 Å². The number of nitrogens with two attached hydrogens (primary N) is 1. The number of sulfonamides is 1. The van der Waals surface area contributed by atoms with Crippen molar-refractivity contribution in [2.75, 3.05) is 26.7 Å². The predicted molar refractivity (Wildman–Crippen MR) is 85.2 cm³/mol. The van der Waals surface area contributed by atoms with Crippen LogP contribution in [0.2, 0.25) is 0 Å². The Bertz CT molecular complexity index is 581. The molecule has 0 amide bonds. The van der Waals surface area contributed by atoms with Gasteiger partial charge in [-0.25, -0.2) is 8.42 Å². The molecule has 1 aromatic carbocycles. The molecular weight excluding hydrogens is 286 g/mol. The van der Waals surface area contributed by atoms with Crippen molar-refractivity contribution < 1.29 is 8.42 Å². The van der Waals surface area contributed by atoms with Crippen LogP contribution in [0.25, 0.3) is 0 Å². The second-order valence-corrected chi connectivity index (χ2v) is 8.31. The molecule has 2 N–H and O–H groups in total. The summed E-state index contributed by atoms with van der Waals surface area (Å²) in [7, 11) is -1.24. The van der Waals surface area contributed by atoms with E-state index in [1.165, 1.54) is 0 Å². The maximum Gasteiger partial charge on any atom is 0.218 e. The average Bonchev–Trinajstić information content (AvgIpc) is 2.42. The van der Waals surface area contributed by atoms with Gasteiger partial charge in [0, 0.05) is 31.7 Å². The van der Waals surface area contributed by atoms with E-state index in [1.807, 2.05) is 31.3 Å². The molecule has 0 spiro atoms. The van der Waals surface area contributed by atoms with E-state index in [0.717, 1.165) is 17.7 Å².